The molecule has 1 heterocycles. The minimum absolute atomic E-state index is 0.150. The Kier molecular flexibility index (Phi) is 9.63. The van der Waals surface area contributed by atoms with E-state index in [9.17, 15) is 14.7 Å². The molecule has 0 bridgehead atoms. The van der Waals surface area contributed by atoms with Crippen LogP contribution in [0.4, 0.5) is 16.7 Å². The van der Waals surface area contributed by atoms with E-state index in [2.05, 4.69) is 20.3 Å². The number of carboxylic acid groups (broad SMARTS) is 1. The van der Waals surface area contributed by atoms with Gasteiger partial charge in [0.1, 0.15) is 18.1 Å². The van der Waals surface area contributed by atoms with Crippen molar-refractivity contribution in [1.29, 1.82) is 0 Å². The maximum Gasteiger partial charge on any atom is 0.414 e. The first-order valence-corrected chi connectivity index (χ1v) is 11.8. The summed E-state index contributed by atoms with van der Waals surface area (Å²) < 4.78 is 15.8. The number of aromatic nitrogens is 3. The Labute approximate surface area is 221 Å². The monoisotopic (exact) mass is 524 g/mol. The van der Waals surface area contributed by atoms with Gasteiger partial charge in [-0.25, -0.2) is 19.6 Å². The molecule has 0 fully saturated rings. The summed E-state index contributed by atoms with van der Waals surface area (Å²) >= 11 is 0. The molecule has 3 rings (SSSR count). The van der Waals surface area contributed by atoms with E-state index >= 15 is 0 Å². The molecule has 1 amide bonds. The number of likely N-dealkylation sites (N-methyl/N-ethyl adjacent to an activating group) is 1. The van der Waals surface area contributed by atoms with E-state index in [1.54, 1.807) is 52.6 Å². The van der Waals surface area contributed by atoms with E-state index in [0.717, 1.165) is 11.1 Å². The summed E-state index contributed by atoms with van der Waals surface area (Å²) in [4.78, 5) is 39.5. The fourth-order valence-electron chi connectivity index (χ4n) is 3.45. The summed E-state index contributed by atoms with van der Waals surface area (Å²) in [5, 5.41) is 12.6. The van der Waals surface area contributed by atoms with Gasteiger partial charge < -0.3 is 34.4 Å². The molecular weight excluding hydrogens is 492 g/mol. The number of hydrogen-bond acceptors (Lipinski definition) is 10. The maximum atomic E-state index is 11.9. The number of amides is 1. The Balaban J connectivity index is 1.62. The van der Waals surface area contributed by atoms with Gasteiger partial charge in [-0.1, -0.05) is 18.2 Å². The quantitative estimate of drug-likeness (QED) is 0.361. The Morgan fingerprint density at radius 3 is 2.29 bits per heavy atom. The van der Waals surface area contributed by atoms with Crippen molar-refractivity contribution in [2.75, 3.05) is 52.1 Å². The van der Waals surface area contributed by atoms with Crippen molar-refractivity contribution in [3.63, 3.8) is 0 Å². The van der Waals surface area contributed by atoms with Crippen LogP contribution in [0.15, 0.2) is 48.8 Å². The van der Waals surface area contributed by atoms with Crippen LogP contribution in [0.1, 0.15) is 11.1 Å². The van der Waals surface area contributed by atoms with Crippen molar-refractivity contribution in [1.82, 2.24) is 19.9 Å². The Bertz CT molecular complexity index is 1240. The first kappa shape index (κ1) is 28.0. The van der Waals surface area contributed by atoms with Crippen LogP contribution in [0.2, 0.25) is 0 Å². The molecule has 38 heavy (non-hydrogen) atoms. The SMILES string of the molecule is COc1ccc(CCN(C)c2ncnc(N[C@@H](Cc3ccc(OC(=O)N(C)C)cc3)C(=O)O)n2)cc1OC. The lowest BCUT2D eigenvalue weighted by atomic mass is 10.1. The number of rotatable bonds is 12. The zero-order valence-corrected chi connectivity index (χ0v) is 22.0. The molecule has 12 nitrogen and oxygen atoms in total. The Hall–Kier alpha value is -4.61. The highest BCUT2D eigenvalue weighted by Gasteiger charge is 2.20. The average molecular weight is 525 g/mol. The molecule has 0 unspecified atom stereocenters. The number of benzene rings is 2. The van der Waals surface area contributed by atoms with Gasteiger partial charge in [0, 0.05) is 34.1 Å². The van der Waals surface area contributed by atoms with Gasteiger partial charge in [0.25, 0.3) is 0 Å². The summed E-state index contributed by atoms with van der Waals surface area (Å²) in [6, 6.07) is 11.4. The van der Waals surface area contributed by atoms with Gasteiger partial charge in [0.15, 0.2) is 11.5 Å². The molecule has 0 radical (unpaired) electrons. The second-order valence-corrected chi connectivity index (χ2v) is 8.62. The van der Waals surface area contributed by atoms with E-state index < -0.39 is 18.1 Å². The number of ether oxygens (including phenoxy) is 3. The van der Waals surface area contributed by atoms with Crippen molar-refractivity contribution in [3.05, 3.63) is 59.9 Å². The molecule has 0 saturated carbocycles. The standard InChI is InChI=1S/C26H32N6O6/c1-31(2)26(35)38-19-9-6-17(7-10-19)14-20(23(33)34)29-24-27-16-28-25(30-24)32(3)13-12-18-8-11-21(36-4)22(15-18)37-5/h6-11,15-16,20H,12-14H2,1-5H3,(H,33,34)(H,27,28,29,30)/t20-/m0/s1. The lowest BCUT2D eigenvalue weighted by molar-refractivity contribution is -0.137. The lowest BCUT2D eigenvalue weighted by Crippen LogP contribution is -2.33. The zero-order chi connectivity index (χ0) is 27.7. The van der Waals surface area contributed by atoms with Gasteiger partial charge in [-0.3, -0.25) is 0 Å². The van der Waals surface area contributed by atoms with Crippen LogP contribution in [0.5, 0.6) is 17.2 Å². The molecule has 0 saturated heterocycles. The third-order valence-electron chi connectivity index (χ3n) is 5.62. The fourth-order valence-corrected chi connectivity index (χ4v) is 3.45. The minimum atomic E-state index is -1.06. The summed E-state index contributed by atoms with van der Waals surface area (Å²) in [5.74, 6) is 1.18. The predicted octanol–water partition coefficient (Wildman–Crippen LogP) is 2.74. The topological polar surface area (TPSA) is 139 Å². The van der Waals surface area contributed by atoms with Gasteiger partial charge in [-0.05, 0) is 41.8 Å². The summed E-state index contributed by atoms with van der Waals surface area (Å²) in [6.45, 7) is 0.603. The smallest absolute Gasteiger partial charge is 0.414 e. The third-order valence-corrected chi connectivity index (χ3v) is 5.62. The maximum absolute atomic E-state index is 11.9. The number of carbonyl (C=O) groups is 2. The van der Waals surface area contributed by atoms with Crippen LogP contribution in [-0.2, 0) is 17.6 Å². The average Bonchev–Trinajstić information content (AvgIpc) is 2.92. The molecule has 2 aromatic carbocycles. The van der Waals surface area contributed by atoms with Crippen LogP contribution in [0, 0.1) is 0 Å². The number of anilines is 2. The van der Waals surface area contributed by atoms with Crippen molar-refractivity contribution in [3.8, 4) is 17.2 Å². The third kappa shape index (κ3) is 7.69. The van der Waals surface area contributed by atoms with Gasteiger partial charge in [0.05, 0.1) is 14.2 Å². The number of nitrogens with zero attached hydrogens (tertiary/aromatic N) is 5. The second kappa shape index (κ2) is 13.1. The number of aliphatic carboxylic acids is 1. The van der Waals surface area contributed by atoms with E-state index in [0.29, 0.717) is 36.2 Å². The molecular formula is C26H32N6O6. The molecule has 1 aromatic heterocycles. The van der Waals surface area contributed by atoms with E-state index in [-0.39, 0.29) is 12.4 Å². The van der Waals surface area contributed by atoms with Gasteiger partial charge in [-0.2, -0.15) is 4.98 Å². The molecule has 0 spiro atoms. The first-order chi connectivity index (χ1) is 18.2. The van der Waals surface area contributed by atoms with E-state index in [1.807, 2.05) is 30.1 Å². The van der Waals surface area contributed by atoms with Gasteiger partial charge in [0.2, 0.25) is 11.9 Å². The second-order valence-electron chi connectivity index (χ2n) is 8.62. The summed E-state index contributed by atoms with van der Waals surface area (Å²) in [5.41, 5.74) is 1.78. The van der Waals surface area contributed by atoms with Crippen LogP contribution in [0.3, 0.4) is 0 Å². The van der Waals surface area contributed by atoms with Crippen LogP contribution < -0.4 is 24.4 Å². The van der Waals surface area contributed by atoms with E-state index in [4.69, 9.17) is 14.2 Å². The van der Waals surface area contributed by atoms with Gasteiger partial charge >= 0.3 is 12.1 Å². The van der Waals surface area contributed by atoms with Crippen molar-refractivity contribution in [2.24, 2.45) is 0 Å². The normalized spacial score (nSPS) is 11.3. The molecule has 2 N–H and O–H groups in total. The highest BCUT2D eigenvalue weighted by molar-refractivity contribution is 5.77. The molecule has 202 valence electrons. The van der Waals surface area contributed by atoms with Gasteiger partial charge in [-0.15, -0.1) is 0 Å². The van der Waals surface area contributed by atoms with Crippen LogP contribution in [0.25, 0.3) is 0 Å². The van der Waals surface area contributed by atoms with E-state index in [1.165, 1.54) is 11.2 Å². The predicted molar refractivity (Wildman–Crippen MR) is 141 cm³/mol. The van der Waals surface area contributed by atoms with Crippen molar-refractivity contribution < 1.29 is 28.9 Å². The highest BCUT2D eigenvalue weighted by atomic mass is 16.6. The number of carboxylic acids is 1. The highest BCUT2D eigenvalue weighted by Crippen LogP contribution is 2.27. The summed E-state index contributed by atoms with van der Waals surface area (Å²) in [7, 11) is 8.20. The van der Waals surface area contributed by atoms with Crippen LogP contribution >= 0.6 is 0 Å². The number of methoxy groups -OCH3 is 2. The van der Waals surface area contributed by atoms with Crippen LogP contribution in [-0.4, -0.2) is 85.0 Å². The molecule has 3 aromatic rings. The number of nitrogens with one attached hydrogen (secondary N) is 1. The fraction of sp³-hybridized carbons (Fsp3) is 0.346. The number of hydrogen-bond donors (Lipinski definition) is 2. The Morgan fingerprint density at radius 2 is 1.66 bits per heavy atom. The zero-order valence-electron chi connectivity index (χ0n) is 22.0. The Morgan fingerprint density at radius 1 is 0.974 bits per heavy atom. The largest absolute Gasteiger partial charge is 0.493 e. The minimum Gasteiger partial charge on any atom is -0.493 e. The molecule has 0 aliphatic heterocycles. The van der Waals surface area contributed by atoms with Crippen molar-refractivity contribution >= 4 is 24.0 Å². The number of carbonyl (C=O) groups excluding carboxylic acids is 1. The lowest BCUT2D eigenvalue weighted by Gasteiger charge is -2.19. The van der Waals surface area contributed by atoms with Crippen molar-refractivity contribution in [2.45, 2.75) is 18.9 Å². The first-order valence-electron chi connectivity index (χ1n) is 11.8. The molecule has 12 heteroatoms. The molecule has 0 aliphatic carbocycles. The molecule has 1 atom stereocenters. The molecule has 0 aliphatic rings. The summed E-state index contributed by atoms with van der Waals surface area (Å²) in [6.07, 6.45) is 1.70.